The predicted molar refractivity (Wildman–Crippen MR) is 94.0 cm³/mol. The number of nitrogens with zero attached hydrogens (tertiary/aromatic N) is 2. The van der Waals surface area contributed by atoms with Gasteiger partial charge >= 0.3 is 0 Å². The summed E-state index contributed by atoms with van der Waals surface area (Å²) >= 11 is 0. The topological polar surface area (TPSA) is 79.4 Å². The molecule has 1 fully saturated rings. The van der Waals surface area contributed by atoms with Crippen LogP contribution in [0.4, 0.5) is 20.2 Å². The lowest BCUT2D eigenvalue weighted by Gasteiger charge is -2.25. The Balaban J connectivity index is 1.72. The van der Waals surface area contributed by atoms with Gasteiger partial charge < -0.3 is 10.2 Å². The molecule has 1 saturated heterocycles. The monoisotopic (exact) mass is 381 g/mol. The minimum absolute atomic E-state index is 0.0103. The van der Waals surface area contributed by atoms with Gasteiger partial charge in [0, 0.05) is 13.1 Å². The molecule has 3 rings (SSSR count). The number of halogens is 2. The Hall–Kier alpha value is -2.55. The van der Waals surface area contributed by atoms with Gasteiger partial charge in [-0.15, -0.1) is 0 Å². The number of hydrogen-bond acceptors (Lipinski definition) is 5. The van der Waals surface area contributed by atoms with Crippen molar-refractivity contribution in [3.8, 4) is 0 Å². The van der Waals surface area contributed by atoms with Gasteiger partial charge in [-0.25, -0.2) is 22.2 Å². The van der Waals surface area contributed by atoms with Gasteiger partial charge in [0.1, 0.15) is 23.0 Å². The normalized spacial score (nSPS) is 18.5. The van der Waals surface area contributed by atoms with Gasteiger partial charge in [0.25, 0.3) is 5.91 Å². The summed E-state index contributed by atoms with van der Waals surface area (Å²) in [4.78, 5) is 18.0. The predicted octanol–water partition coefficient (Wildman–Crippen LogP) is 2.24. The van der Waals surface area contributed by atoms with E-state index in [4.69, 9.17) is 0 Å². The first-order valence-corrected chi connectivity index (χ1v) is 9.73. The summed E-state index contributed by atoms with van der Waals surface area (Å²) in [5.74, 6) is -2.26. The molecule has 2 aromatic rings. The lowest BCUT2D eigenvalue weighted by Crippen LogP contribution is -2.32. The molecule has 1 aliphatic heterocycles. The molecule has 9 heteroatoms. The molecule has 1 aliphatic rings. The zero-order valence-corrected chi connectivity index (χ0v) is 14.8. The molecule has 1 aromatic carbocycles. The minimum atomic E-state index is -3.01. The van der Waals surface area contributed by atoms with Crippen LogP contribution in [0.2, 0.25) is 0 Å². The second-order valence-electron chi connectivity index (χ2n) is 6.12. The lowest BCUT2D eigenvalue weighted by atomic mass is 10.2. The highest BCUT2D eigenvalue weighted by atomic mass is 32.2. The van der Waals surface area contributed by atoms with E-state index in [1.807, 2.05) is 0 Å². The van der Waals surface area contributed by atoms with E-state index >= 15 is 0 Å². The van der Waals surface area contributed by atoms with E-state index in [1.165, 1.54) is 18.3 Å². The maximum atomic E-state index is 13.6. The molecule has 1 aromatic heterocycles. The van der Waals surface area contributed by atoms with Gasteiger partial charge in [-0.2, -0.15) is 0 Å². The SMILES string of the molecule is CN(c1ccc(C(=O)Nc2c(F)cccc2F)nc1)C1CCS(=O)(=O)C1. The molecule has 0 saturated carbocycles. The van der Waals surface area contributed by atoms with E-state index in [2.05, 4.69) is 10.3 Å². The highest BCUT2D eigenvalue weighted by molar-refractivity contribution is 7.91. The quantitative estimate of drug-likeness (QED) is 0.879. The van der Waals surface area contributed by atoms with E-state index < -0.39 is 33.1 Å². The molecule has 0 radical (unpaired) electrons. The fourth-order valence-electron chi connectivity index (χ4n) is 2.82. The van der Waals surface area contributed by atoms with E-state index in [1.54, 1.807) is 18.0 Å². The Morgan fingerprint density at radius 3 is 2.46 bits per heavy atom. The van der Waals surface area contributed by atoms with Crippen LogP contribution in [-0.2, 0) is 9.84 Å². The molecule has 0 bridgehead atoms. The van der Waals surface area contributed by atoms with Crippen LogP contribution in [0.1, 0.15) is 16.9 Å². The molecule has 1 atom stereocenters. The van der Waals surface area contributed by atoms with E-state index in [-0.39, 0.29) is 23.2 Å². The molecule has 2 heterocycles. The first kappa shape index (κ1) is 18.2. The Bertz CT molecular complexity index is 913. The van der Waals surface area contributed by atoms with Gasteiger partial charge in [0.15, 0.2) is 9.84 Å². The molecular weight excluding hydrogens is 364 g/mol. The summed E-state index contributed by atoms with van der Waals surface area (Å²) in [7, 11) is -1.25. The number of nitrogens with one attached hydrogen (secondary N) is 1. The van der Waals surface area contributed by atoms with Crippen LogP contribution in [0.3, 0.4) is 0 Å². The smallest absolute Gasteiger partial charge is 0.274 e. The van der Waals surface area contributed by atoms with Gasteiger partial charge in [0.05, 0.1) is 23.4 Å². The summed E-state index contributed by atoms with van der Waals surface area (Å²) in [5.41, 5.74) is 0.112. The van der Waals surface area contributed by atoms with Crippen LogP contribution >= 0.6 is 0 Å². The number of carbonyl (C=O) groups excluding carboxylic acids is 1. The average Bonchev–Trinajstić information content (AvgIpc) is 2.97. The first-order valence-electron chi connectivity index (χ1n) is 7.91. The number of aromatic nitrogens is 1. The van der Waals surface area contributed by atoms with Gasteiger partial charge in [-0.3, -0.25) is 4.79 Å². The summed E-state index contributed by atoms with van der Waals surface area (Å²) in [6.07, 6.45) is 1.96. The third kappa shape index (κ3) is 3.82. The zero-order valence-electron chi connectivity index (χ0n) is 13.9. The fourth-order valence-corrected chi connectivity index (χ4v) is 4.59. The van der Waals surface area contributed by atoms with Crippen molar-refractivity contribution in [2.75, 3.05) is 28.8 Å². The first-order chi connectivity index (χ1) is 12.3. The molecule has 1 N–H and O–H groups in total. The Morgan fingerprint density at radius 1 is 1.23 bits per heavy atom. The number of hydrogen-bond donors (Lipinski definition) is 1. The number of sulfone groups is 1. The van der Waals surface area contributed by atoms with E-state index in [0.29, 0.717) is 12.1 Å². The van der Waals surface area contributed by atoms with Crippen molar-refractivity contribution in [1.82, 2.24) is 4.98 Å². The van der Waals surface area contributed by atoms with Crippen LogP contribution in [0.25, 0.3) is 0 Å². The molecular formula is C17H17F2N3O3S. The van der Waals surface area contributed by atoms with Crippen LogP contribution < -0.4 is 10.2 Å². The molecule has 1 unspecified atom stereocenters. The fraction of sp³-hybridized carbons (Fsp3) is 0.294. The van der Waals surface area contributed by atoms with Crippen LogP contribution in [0.15, 0.2) is 36.5 Å². The summed E-state index contributed by atoms with van der Waals surface area (Å²) < 4.78 is 50.4. The van der Waals surface area contributed by atoms with Crippen LogP contribution in [0, 0.1) is 11.6 Å². The highest BCUT2D eigenvalue weighted by Gasteiger charge is 2.31. The summed E-state index contributed by atoms with van der Waals surface area (Å²) in [6, 6.07) is 6.18. The molecule has 6 nitrogen and oxygen atoms in total. The number of amides is 1. The van der Waals surface area contributed by atoms with Crippen molar-refractivity contribution in [2.45, 2.75) is 12.5 Å². The summed E-state index contributed by atoms with van der Waals surface area (Å²) in [6.45, 7) is 0. The van der Waals surface area contributed by atoms with Crippen molar-refractivity contribution in [1.29, 1.82) is 0 Å². The molecule has 26 heavy (non-hydrogen) atoms. The van der Waals surface area contributed by atoms with Gasteiger partial charge in [0.2, 0.25) is 0 Å². The maximum absolute atomic E-state index is 13.6. The van der Waals surface area contributed by atoms with Crippen molar-refractivity contribution in [3.05, 3.63) is 53.9 Å². The van der Waals surface area contributed by atoms with Gasteiger partial charge in [-0.1, -0.05) is 6.07 Å². The number of para-hydroxylation sites is 1. The Labute approximate surface area is 149 Å². The maximum Gasteiger partial charge on any atom is 0.274 e. The third-order valence-electron chi connectivity index (χ3n) is 4.35. The number of benzene rings is 1. The molecule has 0 spiro atoms. The number of anilines is 2. The number of carbonyl (C=O) groups is 1. The van der Waals surface area contributed by atoms with Crippen molar-refractivity contribution in [2.24, 2.45) is 0 Å². The van der Waals surface area contributed by atoms with Crippen LogP contribution in [-0.4, -0.2) is 43.9 Å². The second kappa shape index (κ2) is 6.99. The minimum Gasteiger partial charge on any atom is -0.369 e. The standard InChI is InChI=1S/C17H17F2N3O3S/c1-22(12-7-8-26(24,25)10-12)11-5-6-15(20-9-11)17(23)21-16-13(18)3-2-4-14(16)19/h2-6,9,12H,7-8,10H2,1H3,(H,21,23). The Kier molecular flexibility index (Phi) is 4.90. The van der Waals surface area contributed by atoms with Crippen LogP contribution in [0.5, 0.6) is 0 Å². The molecule has 0 aliphatic carbocycles. The van der Waals surface area contributed by atoms with E-state index in [9.17, 15) is 22.0 Å². The lowest BCUT2D eigenvalue weighted by molar-refractivity contribution is 0.102. The van der Waals surface area contributed by atoms with Crippen molar-refractivity contribution in [3.63, 3.8) is 0 Å². The highest BCUT2D eigenvalue weighted by Crippen LogP contribution is 2.23. The summed E-state index contributed by atoms with van der Waals surface area (Å²) in [5, 5.41) is 2.16. The largest absolute Gasteiger partial charge is 0.369 e. The molecule has 1 amide bonds. The second-order valence-corrected chi connectivity index (χ2v) is 8.35. The van der Waals surface area contributed by atoms with Crippen molar-refractivity contribution >= 4 is 27.1 Å². The Morgan fingerprint density at radius 2 is 1.92 bits per heavy atom. The number of rotatable bonds is 4. The number of pyridine rings is 1. The zero-order chi connectivity index (χ0) is 18.9. The van der Waals surface area contributed by atoms with Gasteiger partial charge in [-0.05, 0) is 30.7 Å². The van der Waals surface area contributed by atoms with E-state index in [0.717, 1.165) is 12.1 Å². The average molecular weight is 381 g/mol. The van der Waals surface area contributed by atoms with Crippen molar-refractivity contribution < 1.29 is 22.0 Å². The molecule has 138 valence electrons. The third-order valence-corrected chi connectivity index (χ3v) is 6.10.